The fourth-order valence-electron chi connectivity index (χ4n) is 6.62. The molecule has 0 saturated carbocycles. The predicted molar refractivity (Wildman–Crippen MR) is 174 cm³/mol. The van der Waals surface area contributed by atoms with Crippen molar-refractivity contribution < 1.29 is 4.79 Å². The van der Waals surface area contributed by atoms with E-state index in [2.05, 4.69) is 39.7 Å². The second-order valence-electron chi connectivity index (χ2n) is 12.3. The molecule has 3 N–H and O–H groups in total. The van der Waals surface area contributed by atoms with E-state index in [1.165, 1.54) is 0 Å². The molecule has 9 heteroatoms. The molecule has 0 spiro atoms. The van der Waals surface area contributed by atoms with Crippen LogP contribution in [0, 0.1) is 0 Å². The second kappa shape index (κ2) is 11.4. The van der Waals surface area contributed by atoms with Gasteiger partial charge in [0.1, 0.15) is 11.7 Å². The lowest BCUT2D eigenvalue weighted by molar-refractivity contribution is 0.0858. The van der Waals surface area contributed by atoms with E-state index in [9.17, 15) is 9.59 Å². The molecule has 0 aliphatic carbocycles. The van der Waals surface area contributed by atoms with Crippen LogP contribution in [0.3, 0.4) is 0 Å². The minimum absolute atomic E-state index is 0.0694. The predicted octanol–water partition coefficient (Wildman–Crippen LogP) is 5.86. The van der Waals surface area contributed by atoms with Crippen molar-refractivity contribution >= 4 is 39.8 Å². The number of fused-ring (bicyclic) bond motifs is 2. The standard InChI is InChI=1S/C34H41N7O2/c1-6-21(7-2)27-18-22-19-36-33(38-24-14-12-23(13-15-24)37-25-16-17-35-20-25)39-31(22)41(32(27)43)30-29(42)26-10-8-9-11-28(26)40(5)34(30,3)4/h8-15,18-19,21,25,30,35,37H,6-7,16-17,20H2,1-5H3,(H,36,38,39). The Morgan fingerprint density at radius 2 is 1.77 bits per heavy atom. The van der Waals surface area contributed by atoms with Crippen LogP contribution in [0.5, 0.6) is 0 Å². The van der Waals surface area contributed by atoms with Crippen LogP contribution in [0.1, 0.15) is 74.8 Å². The number of hydrogen-bond donors (Lipinski definition) is 3. The topological polar surface area (TPSA) is 104 Å². The summed E-state index contributed by atoms with van der Waals surface area (Å²) in [7, 11) is 1.99. The van der Waals surface area contributed by atoms with Crippen molar-refractivity contribution in [3.05, 3.63) is 82.3 Å². The number of ketones is 1. The van der Waals surface area contributed by atoms with Gasteiger partial charge in [-0.3, -0.25) is 14.2 Å². The molecule has 2 aliphatic rings. The van der Waals surface area contributed by atoms with Crippen LogP contribution in [0.25, 0.3) is 11.0 Å². The summed E-state index contributed by atoms with van der Waals surface area (Å²) in [6, 6.07) is 17.2. The van der Waals surface area contributed by atoms with Gasteiger partial charge in [0.2, 0.25) is 5.95 Å². The lowest BCUT2D eigenvalue weighted by Gasteiger charge is -2.47. The quantitative estimate of drug-likeness (QED) is 0.238. The van der Waals surface area contributed by atoms with Gasteiger partial charge in [-0.25, -0.2) is 4.98 Å². The summed E-state index contributed by atoms with van der Waals surface area (Å²) >= 11 is 0. The van der Waals surface area contributed by atoms with Gasteiger partial charge in [-0.1, -0.05) is 26.0 Å². The maximum absolute atomic E-state index is 14.4. The second-order valence-corrected chi connectivity index (χ2v) is 12.3. The zero-order valence-electron chi connectivity index (χ0n) is 25.6. The highest BCUT2D eigenvalue weighted by Crippen LogP contribution is 2.42. The summed E-state index contributed by atoms with van der Waals surface area (Å²) in [6.45, 7) is 10.2. The molecule has 224 valence electrons. The summed E-state index contributed by atoms with van der Waals surface area (Å²) in [6.07, 6.45) is 4.51. The molecule has 1 saturated heterocycles. The third-order valence-electron chi connectivity index (χ3n) is 9.37. The highest BCUT2D eigenvalue weighted by Gasteiger charge is 2.47. The highest BCUT2D eigenvalue weighted by atomic mass is 16.1. The average molecular weight is 580 g/mol. The minimum atomic E-state index is -0.783. The maximum atomic E-state index is 14.4. The largest absolute Gasteiger partial charge is 0.381 e. The van der Waals surface area contributed by atoms with Gasteiger partial charge in [-0.2, -0.15) is 4.98 Å². The van der Waals surface area contributed by atoms with Gasteiger partial charge in [-0.05, 0) is 88.0 Å². The molecular formula is C34H41N7O2. The van der Waals surface area contributed by atoms with Crippen molar-refractivity contribution in [2.75, 3.05) is 35.7 Å². The van der Waals surface area contributed by atoms with Crippen molar-refractivity contribution in [1.29, 1.82) is 0 Å². The van der Waals surface area contributed by atoms with Crippen LogP contribution in [-0.2, 0) is 0 Å². The van der Waals surface area contributed by atoms with Crippen molar-refractivity contribution in [2.24, 2.45) is 0 Å². The van der Waals surface area contributed by atoms with Crippen molar-refractivity contribution in [2.45, 2.75) is 70.5 Å². The first-order valence-corrected chi connectivity index (χ1v) is 15.4. The number of aromatic nitrogens is 3. The molecule has 0 amide bonds. The number of anilines is 4. The fraction of sp³-hybridized carbons (Fsp3) is 0.412. The van der Waals surface area contributed by atoms with E-state index < -0.39 is 11.6 Å². The molecule has 0 bridgehead atoms. The maximum Gasteiger partial charge on any atom is 0.256 e. The molecule has 2 aromatic carbocycles. The molecular weight excluding hydrogens is 538 g/mol. The van der Waals surface area contributed by atoms with Crippen LogP contribution in [0.2, 0.25) is 0 Å². The zero-order chi connectivity index (χ0) is 30.3. The molecule has 6 rings (SSSR count). The molecule has 43 heavy (non-hydrogen) atoms. The number of para-hydroxylation sites is 1. The minimum Gasteiger partial charge on any atom is -0.381 e. The third kappa shape index (κ3) is 5.16. The van der Waals surface area contributed by atoms with Gasteiger partial charge in [0.25, 0.3) is 5.56 Å². The van der Waals surface area contributed by atoms with E-state index in [1.807, 2.05) is 75.5 Å². The lowest BCUT2D eigenvalue weighted by Crippen LogP contribution is -2.57. The Balaban J connectivity index is 1.45. The fourth-order valence-corrected chi connectivity index (χ4v) is 6.62. The number of carbonyl (C=O) groups excluding carboxylic acids is 1. The summed E-state index contributed by atoms with van der Waals surface area (Å²) < 4.78 is 1.65. The molecule has 2 aliphatic heterocycles. The average Bonchev–Trinajstić information content (AvgIpc) is 3.52. The number of benzene rings is 2. The Kier molecular flexibility index (Phi) is 7.68. The monoisotopic (exact) mass is 579 g/mol. The number of rotatable bonds is 8. The van der Waals surface area contributed by atoms with E-state index in [4.69, 9.17) is 4.98 Å². The first-order chi connectivity index (χ1) is 20.7. The van der Waals surface area contributed by atoms with E-state index in [0.717, 1.165) is 54.8 Å². The first kappa shape index (κ1) is 28.9. The highest BCUT2D eigenvalue weighted by molar-refractivity contribution is 6.07. The number of nitrogens with zero attached hydrogens (tertiary/aromatic N) is 4. The van der Waals surface area contributed by atoms with Crippen LogP contribution in [-0.4, -0.2) is 52.0 Å². The van der Waals surface area contributed by atoms with E-state index in [1.54, 1.807) is 10.8 Å². The van der Waals surface area contributed by atoms with Gasteiger partial charge in [0.05, 0.1) is 5.54 Å². The molecule has 1 fully saturated rings. The van der Waals surface area contributed by atoms with Crippen LogP contribution in [0.15, 0.2) is 65.6 Å². The number of Topliss-reactive ketones (excluding diaryl/α,β-unsaturated/α-hetero) is 1. The van der Waals surface area contributed by atoms with Gasteiger partial charge >= 0.3 is 0 Å². The number of likely N-dealkylation sites (N-methyl/N-ethyl adjacent to an activating group) is 1. The number of hydrogen-bond acceptors (Lipinski definition) is 8. The van der Waals surface area contributed by atoms with Crippen LogP contribution >= 0.6 is 0 Å². The van der Waals surface area contributed by atoms with E-state index >= 15 is 0 Å². The van der Waals surface area contributed by atoms with Crippen molar-refractivity contribution in [3.8, 4) is 0 Å². The smallest absolute Gasteiger partial charge is 0.256 e. The molecule has 9 nitrogen and oxygen atoms in total. The molecule has 2 aromatic heterocycles. The van der Waals surface area contributed by atoms with Gasteiger partial charge < -0.3 is 20.9 Å². The Labute approximate surface area is 252 Å². The molecule has 0 radical (unpaired) electrons. The van der Waals surface area contributed by atoms with Gasteiger partial charge in [-0.15, -0.1) is 0 Å². The number of pyridine rings is 1. The lowest BCUT2D eigenvalue weighted by atomic mass is 9.81. The van der Waals surface area contributed by atoms with Crippen molar-refractivity contribution in [1.82, 2.24) is 19.9 Å². The van der Waals surface area contributed by atoms with Crippen LogP contribution < -0.4 is 26.4 Å². The first-order valence-electron chi connectivity index (χ1n) is 15.4. The molecule has 4 heterocycles. The molecule has 2 atom stereocenters. The van der Waals surface area contributed by atoms with Crippen molar-refractivity contribution in [3.63, 3.8) is 0 Å². The van der Waals surface area contributed by atoms with E-state index in [0.29, 0.717) is 28.8 Å². The van der Waals surface area contributed by atoms with Gasteiger partial charge in [0.15, 0.2) is 5.78 Å². The third-order valence-corrected chi connectivity index (χ3v) is 9.37. The zero-order valence-corrected chi connectivity index (χ0v) is 25.6. The van der Waals surface area contributed by atoms with E-state index in [-0.39, 0.29) is 17.3 Å². The Bertz CT molecular complexity index is 1700. The molecule has 4 aromatic rings. The Hall–Kier alpha value is -4.24. The Morgan fingerprint density at radius 1 is 1.05 bits per heavy atom. The summed E-state index contributed by atoms with van der Waals surface area (Å²) in [4.78, 5) is 40.3. The normalized spacial score (nSPS) is 19.6. The summed E-state index contributed by atoms with van der Waals surface area (Å²) in [5, 5.41) is 11.0. The summed E-state index contributed by atoms with van der Waals surface area (Å²) in [5.74, 6) is 0.351. The SMILES string of the molecule is CCC(CC)c1cc2cnc(Nc3ccc(NC4CCNC4)cc3)nc2n(C2C(=O)c3ccccc3N(C)C2(C)C)c1=O. The molecule has 2 unspecified atom stereocenters. The number of carbonyl (C=O) groups is 1. The Morgan fingerprint density at radius 3 is 2.47 bits per heavy atom. The van der Waals surface area contributed by atoms with Gasteiger partial charge in [0, 0.05) is 59.4 Å². The number of nitrogens with one attached hydrogen (secondary N) is 3. The van der Waals surface area contributed by atoms with Crippen LogP contribution in [0.4, 0.5) is 23.0 Å². The summed E-state index contributed by atoms with van der Waals surface area (Å²) in [5.41, 5.74) is 3.64.